The molecule has 1 unspecified atom stereocenters. The van der Waals surface area contributed by atoms with Crippen molar-refractivity contribution in [3.05, 3.63) is 70.5 Å². The van der Waals surface area contributed by atoms with Gasteiger partial charge in [-0.1, -0.05) is 55.1 Å². The smallest absolute Gasteiger partial charge is 0.242 e. The van der Waals surface area contributed by atoms with Gasteiger partial charge in [-0.3, -0.25) is 9.59 Å². The molecule has 30 heavy (non-hydrogen) atoms. The van der Waals surface area contributed by atoms with Gasteiger partial charge in [0.05, 0.1) is 6.42 Å². The SMILES string of the molecule is CC(C(=O)NC1CCCCC1)N(Cc1ccc(Cl)cc1)C(=O)Cc1ccc(F)cc1. The second-order valence-corrected chi connectivity index (χ2v) is 8.41. The fourth-order valence-corrected chi connectivity index (χ4v) is 3.94. The van der Waals surface area contributed by atoms with E-state index < -0.39 is 6.04 Å². The molecule has 0 aliphatic heterocycles. The lowest BCUT2D eigenvalue weighted by Crippen LogP contribution is -2.50. The molecule has 6 heteroatoms. The molecular formula is C24H28ClFN2O2. The van der Waals surface area contributed by atoms with Crippen LogP contribution < -0.4 is 5.32 Å². The Morgan fingerprint density at radius 2 is 1.63 bits per heavy atom. The minimum absolute atomic E-state index is 0.106. The van der Waals surface area contributed by atoms with Crippen LogP contribution in [0.3, 0.4) is 0 Å². The van der Waals surface area contributed by atoms with Gasteiger partial charge in [0, 0.05) is 17.6 Å². The van der Waals surface area contributed by atoms with Crippen molar-refractivity contribution in [1.82, 2.24) is 10.2 Å². The van der Waals surface area contributed by atoms with Crippen LogP contribution in [0.25, 0.3) is 0 Å². The van der Waals surface area contributed by atoms with Gasteiger partial charge in [0.15, 0.2) is 0 Å². The van der Waals surface area contributed by atoms with Crippen LogP contribution in [0.2, 0.25) is 5.02 Å². The molecule has 2 aromatic rings. The Kier molecular flexibility index (Phi) is 7.86. The molecule has 1 atom stereocenters. The number of carbonyl (C=O) groups is 2. The molecule has 2 aromatic carbocycles. The molecule has 0 aromatic heterocycles. The number of carbonyl (C=O) groups excluding carboxylic acids is 2. The fraction of sp³-hybridized carbons (Fsp3) is 0.417. The third-order valence-corrected chi connectivity index (χ3v) is 5.91. The number of halogens is 2. The van der Waals surface area contributed by atoms with Gasteiger partial charge in [0.25, 0.3) is 0 Å². The Morgan fingerprint density at radius 3 is 2.27 bits per heavy atom. The van der Waals surface area contributed by atoms with Crippen LogP contribution in [0, 0.1) is 5.82 Å². The van der Waals surface area contributed by atoms with E-state index in [-0.39, 0.29) is 30.1 Å². The summed E-state index contributed by atoms with van der Waals surface area (Å²) in [5.41, 5.74) is 1.60. The highest BCUT2D eigenvalue weighted by Gasteiger charge is 2.28. The van der Waals surface area contributed by atoms with E-state index in [2.05, 4.69) is 5.32 Å². The molecule has 0 saturated heterocycles. The number of hydrogen-bond donors (Lipinski definition) is 1. The van der Waals surface area contributed by atoms with Crippen molar-refractivity contribution < 1.29 is 14.0 Å². The minimum Gasteiger partial charge on any atom is -0.352 e. The highest BCUT2D eigenvalue weighted by molar-refractivity contribution is 6.30. The van der Waals surface area contributed by atoms with E-state index in [1.807, 2.05) is 12.1 Å². The summed E-state index contributed by atoms with van der Waals surface area (Å²) >= 11 is 5.98. The normalized spacial score (nSPS) is 15.4. The van der Waals surface area contributed by atoms with Gasteiger partial charge in [-0.05, 0) is 55.2 Å². The van der Waals surface area contributed by atoms with Crippen molar-refractivity contribution in [2.75, 3.05) is 0 Å². The number of hydrogen-bond acceptors (Lipinski definition) is 2. The number of rotatable bonds is 7. The van der Waals surface area contributed by atoms with Gasteiger partial charge in [-0.25, -0.2) is 4.39 Å². The summed E-state index contributed by atoms with van der Waals surface area (Å²) in [6.45, 7) is 2.06. The molecule has 1 saturated carbocycles. The van der Waals surface area contributed by atoms with Crippen LogP contribution >= 0.6 is 11.6 Å². The van der Waals surface area contributed by atoms with Crippen molar-refractivity contribution in [2.24, 2.45) is 0 Å². The zero-order valence-corrected chi connectivity index (χ0v) is 18.0. The van der Waals surface area contributed by atoms with E-state index in [1.54, 1.807) is 36.1 Å². The van der Waals surface area contributed by atoms with Crippen LogP contribution in [0.1, 0.15) is 50.2 Å². The average Bonchev–Trinajstić information content (AvgIpc) is 2.75. The summed E-state index contributed by atoms with van der Waals surface area (Å²) in [6, 6.07) is 12.7. The Bertz CT molecular complexity index is 849. The lowest BCUT2D eigenvalue weighted by atomic mass is 9.95. The predicted molar refractivity (Wildman–Crippen MR) is 117 cm³/mol. The molecule has 1 fully saturated rings. The van der Waals surface area contributed by atoms with Crippen molar-refractivity contribution >= 4 is 23.4 Å². The summed E-state index contributed by atoms with van der Waals surface area (Å²) in [4.78, 5) is 27.6. The molecule has 0 bridgehead atoms. The van der Waals surface area contributed by atoms with Gasteiger partial charge < -0.3 is 10.2 Å². The zero-order chi connectivity index (χ0) is 21.5. The van der Waals surface area contributed by atoms with Crippen molar-refractivity contribution in [3.8, 4) is 0 Å². The first kappa shape index (κ1) is 22.3. The fourth-order valence-electron chi connectivity index (χ4n) is 3.82. The first-order valence-electron chi connectivity index (χ1n) is 10.5. The summed E-state index contributed by atoms with van der Waals surface area (Å²) in [6.07, 6.45) is 5.53. The maximum absolute atomic E-state index is 13.2. The minimum atomic E-state index is -0.615. The van der Waals surface area contributed by atoms with Gasteiger partial charge in [-0.15, -0.1) is 0 Å². The average molecular weight is 431 g/mol. The highest BCUT2D eigenvalue weighted by atomic mass is 35.5. The predicted octanol–water partition coefficient (Wildman–Crippen LogP) is 4.89. The lowest BCUT2D eigenvalue weighted by Gasteiger charge is -2.31. The maximum atomic E-state index is 13.2. The van der Waals surface area contributed by atoms with E-state index in [1.165, 1.54) is 18.6 Å². The van der Waals surface area contributed by atoms with E-state index in [0.29, 0.717) is 17.1 Å². The molecule has 0 heterocycles. The standard InChI is InChI=1S/C24H28ClFN2O2/c1-17(24(30)27-22-5-3-2-4-6-22)28(16-19-7-11-20(25)12-8-19)23(29)15-18-9-13-21(26)14-10-18/h7-14,17,22H,2-6,15-16H2,1H3,(H,27,30). The summed E-state index contributed by atoms with van der Waals surface area (Å²) in [7, 11) is 0. The molecule has 160 valence electrons. The number of nitrogens with zero attached hydrogens (tertiary/aromatic N) is 1. The number of amides is 2. The van der Waals surface area contributed by atoms with Gasteiger partial charge in [0.1, 0.15) is 11.9 Å². The van der Waals surface area contributed by atoms with Crippen LogP contribution in [0.4, 0.5) is 4.39 Å². The highest BCUT2D eigenvalue weighted by Crippen LogP contribution is 2.19. The second kappa shape index (κ2) is 10.6. The first-order valence-corrected chi connectivity index (χ1v) is 10.9. The monoisotopic (exact) mass is 430 g/mol. The van der Waals surface area contributed by atoms with Crippen molar-refractivity contribution in [3.63, 3.8) is 0 Å². The summed E-state index contributed by atoms with van der Waals surface area (Å²) in [5, 5.41) is 3.73. The van der Waals surface area contributed by atoms with E-state index in [0.717, 1.165) is 31.2 Å². The molecule has 4 nitrogen and oxygen atoms in total. The topological polar surface area (TPSA) is 49.4 Å². The lowest BCUT2D eigenvalue weighted by molar-refractivity contribution is -0.140. The molecule has 2 amide bonds. The first-order chi connectivity index (χ1) is 14.4. The Balaban J connectivity index is 1.74. The van der Waals surface area contributed by atoms with Crippen LogP contribution in [0.15, 0.2) is 48.5 Å². The van der Waals surface area contributed by atoms with Gasteiger partial charge in [-0.2, -0.15) is 0 Å². The number of benzene rings is 2. The Labute approximate surface area is 182 Å². The quantitative estimate of drug-likeness (QED) is 0.680. The van der Waals surface area contributed by atoms with Crippen LogP contribution in [-0.2, 0) is 22.6 Å². The molecule has 1 aliphatic rings. The van der Waals surface area contributed by atoms with Crippen LogP contribution in [0.5, 0.6) is 0 Å². The summed E-state index contributed by atoms with van der Waals surface area (Å²) < 4.78 is 13.2. The van der Waals surface area contributed by atoms with Crippen molar-refractivity contribution in [2.45, 2.75) is 64.1 Å². The third-order valence-electron chi connectivity index (χ3n) is 5.65. The van der Waals surface area contributed by atoms with Crippen molar-refractivity contribution in [1.29, 1.82) is 0 Å². The van der Waals surface area contributed by atoms with Crippen LogP contribution in [-0.4, -0.2) is 28.8 Å². The molecular weight excluding hydrogens is 403 g/mol. The summed E-state index contributed by atoms with van der Waals surface area (Å²) in [5.74, 6) is -0.657. The molecule has 3 rings (SSSR count). The molecule has 1 aliphatic carbocycles. The third kappa shape index (κ3) is 6.30. The van der Waals surface area contributed by atoms with E-state index >= 15 is 0 Å². The maximum Gasteiger partial charge on any atom is 0.242 e. The molecule has 0 spiro atoms. The van der Waals surface area contributed by atoms with Gasteiger partial charge in [0.2, 0.25) is 11.8 Å². The Hall–Kier alpha value is -2.40. The Morgan fingerprint density at radius 1 is 1.03 bits per heavy atom. The number of nitrogens with one attached hydrogen (secondary N) is 1. The van der Waals surface area contributed by atoms with E-state index in [9.17, 15) is 14.0 Å². The van der Waals surface area contributed by atoms with E-state index in [4.69, 9.17) is 11.6 Å². The zero-order valence-electron chi connectivity index (χ0n) is 17.2. The molecule has 0 radical (unpaired) electrons. The second-order valence-electron chi connectivity index (χ2n) is 7.97. The molecule has 1 N–H and O–H groups in total. The van der Waals surface area contributed by atoms with Gasteiger partial charge >= 0.3 is 0 Å². The largest absolute Gasteiger partial charge is 0.352 e.